The number of carbonyl (C=O) groups excluding carboxylic acids is 1. The number of halogens is 1. The Hall–Kier alpha value is -3.12. The number of aryl methyl sites for hydroxylation is 1. The summed E-state index contributed by atoms with van der Waals surface area (Å²) in [7, 11) is 0. The first-order valence-electron chi connectivity index (χ1n) is 12.0. The van der Waals surface area contributed by atoms with Crippen molar-refractivity contribution in [2.75, 3.05) is 49.1 Å². The van der Waals surface area contributed by atoms with Crippen molar-refractivity contribution < 1.29 is 4.79 Å². The van der Waals surface area contributed by atoms with Crippen molar-refractivity contribution in [2.45, 2.75) is 19.8 Å². The number of rotatable bonds is 4. The third kappa shape index (κ3) is 4.73. The molecule has 2 fully saturated rings. The van der Waals surface area contributed by atoms with Gasteiger partial charge in [-0.3, -0.25) is 4.79 Å². The van der Waals surface area contributed by atoms with Gasteiger partial charge in [-0.2, -0.15) is 0 Å². The lowest BCUT2D eigenvalue weighted by Gasteiger charge is -2.40. The van der Waals surface area contributed by atoms with Crippen molar-refractivity contribution in [3.05, 3.63) is 71.2 Å². The molecule has 0 bridgehead atoms. The highest BCUT2D eigenvalue weighted by molar-refractivity contribution is 6.33. The number of benzene rings is 2. The van der Waals surface area contributed by atoms with Crippen LogP contribution < -0.4 is 9.80 Å². The molecule has 1 atom stereocenters. The molecule has 1 unspecified atom stereocenters. The van der Waals surface area contributed by atoms with Gasteiger partial charge in [-0.1, -0.05) is 48.0 Å². The van der Waals surface area contributed by atoms with Gasteiger partial charge in [-0.25, -0.2) is 0 Å². The minimum absolute atomic E-state index is 0.00143. The van der Waals surface area contributed by atoms with E-state index in [1.807, 2.05) is 53.4 Å². The summed E-state index contributed by atoms with van der Waals surface area (Å²) in [4.78, 5) is 19.8. The molecule has 0 radical (unpaired) electrons. The quantitative estimate of drug-likeness (QED) is 0.548. The molecule has 3 heterocycles. The summed E-state index contributed by atoms with van der Waals surface area (Å²) >= 11 is 6.37. The lowest BCUT2D eigenvalue weighted by atomic mass is 9.96. The van der Waals surface area contributed by atoms with E-state index in [2.05, 4.69) is 39.1 Å². The lowest BCUT2D eigenvalue weighted by molar-refractivity contribution is -0.136. The molecule has 2 aliphatic rings. The zero-order valence-corrected chi connectivity index (χ0v) is 20.3. The minimum Gasteiger partial charge on any atom is -0.367 e. The fourth-order valence-corrected chi connectivity index (χ4v) is 5.27. The maximum absolute atomic E-state index is 13.3. The third-order valence-corrected chi connectivity index (χ3v) is 7.27. The molecule has 0 aliphatic carbocycles. The van der Waals surface area contributed by atoms with Crippen molar-refractivity contribution in [3.63, 3.8) is 0 Å². The molecule has 3 aromatic rings. The van der Waals surface area contributed by atoms with Gasteiger partial charge in [0.05, 0.1) is 22.3 Å². The average molecular weight is 476 g/mol. The van der Waals surface area contributed by atoms with Crippen LogP contribution in [0.1, 0.15) is 18.4 Å². The number of hydrogen-bond acceptors (Lipinski definition) is 5. The number of nitrogens with zero attached hydrogens (tertiary/aromatic N) is 5. The third-order valence-electron chi connectivity index (χ3n) is 6.95. The van der Waals surface area contributed by atoms with Gasteiger partial charge in [0.25, 0.3) is 0 Å². The Labute approximate surface area is 206 Å². The number of anilines is 2. The number of carbonyl (C=O) groups is 1. The molecule has 1 aromatic heterocycles. The molecule has 2 aromatic carbocycles. The van der Waals surface area contributed by atoms with Crippen LogP contribution in [0.3, 0.4) is 0 Å². The molecule has 34 heavy (non-hydrogen) atoms. The zero-order valence-electron chi connectivity index (χ0n) is 19.5. The summed E-state index contributed by atoms with van der Waals surface area (Å²) in [6.45, 7) is 6.75. The molecule has 176 valence electrons. The van der Waals surface area contributed by atoms with Gasteiger partial charge in [0, 0.05) is 44.8 Å². The number of piperazine rings is 1. The molecule has 0 N–H and O–H groups in total. The summed E-state index contributed by atoms with van der Waals surface area (Å²) in [6, 6.07) is 20.2. The van der Waals surface area contributed by atoms with E-state index in [9.17, 15) is 4.79 Å². The molecule has 2 saturated heterocycles. The predicted molar refractivity (Wildman–Crippen MR) is 137 cm³/mol. The van der Waals surface area contributed by atoms with Crippen molar-refractivity contribution in [1.82, 2.24) is 15.1 Å². The first-order chi connectivity index (χ1) is 16.6. The molecule has 2 aliphatic heterocycles. The maximum atomic E-state index is 13.3. The second-order valence-corrected chi connectivity index (χ2v) is 9.55. The van der Waals surface area contributed by atoms with Gasteiger partial charge in [0.2, 0.25) is 5.91 Å². The Morgan fingerprint density at radius 2 is 1.65 bits per heavy atom. The van der Waals surface area contributed by atoms with E-state index < -0.39 is 0 Å². The van der Waals surface area contributed by atoms with Crippen LogP contribution in [0, 0.1) is 12.8 Å². The van der Waals surface area contributed by atoms with Crippen LogP contribution in [0.25, 0.3) is 11.3 Å². The van der Waals surface area contributed by atoms with Gasteiger partial charge in [-0.15, -0.1) is 10.2 Å². The average Bonchev–Trinajstić information content (AvgIpc) is 2.89. The molecular formula is C27H30ClN5O. The second-order valence-electron chi connectivity index (χ2n) is 9.14. The highest BCUT2D eigenvalue weighted by atomic mass is 35.5. The molecular weight excluding hydrogens is 446 g/mol. The van der Waals surface area contributed by atoms with Crippen LogP contribution in [0.5, 0.6) is 0 Å². The van der Waals surface area contributed by atoms with Gasteiger partial charge in [0.15, 0.2) is 5.82 Å². The monoisotopic (exact) mass is 475 g/mol. The van der Waals surface area contributed by atoms with E-state index in [-0.39, 0.29) is 11.8 Å². The normalized spacial score (nSPS) is 18.8. The van der Waals surface area contributed by atoms with Crippen molar-refractivity contribution in [2.24, 2.45) is 5.92 Å². The fourth-order valence-electron chi connectivity index (χ4n) is 5.02. The molecule has 0 spiro atoms. The zero-order chi connectivity index (χ0) is 23.5. The molecule has 5 rings (SSSR count). The Balaban J connectivity index is 1.20. The van der Waals surface area contributed by atoms with E-state index in [1.54, 1.807) is 0 Å². The summed E-state index contributed by atoms with van der Waals surface area (Å²) < 4.78 is 0. The fraction of sp³-hybridized carbons (Fsp3) is 0.370. The summed E-state index contributed by atoms with van der Waals surface area (Å²) in [6.07, 6.45) is 1.91. The topological polar surface area (TPSA) is 52.6 Å². The molecule has 0 saturated carbocycles. The van der Waals surface area contributed by atoms with Crippen LogP contribution in [0.4, 0.5) is 11.5 Å². The maximum Gasteiger partial charge on any atom is 0.227 e. The van der Waals surface area contributed by atoms with Crippen LogP contribution in [0.2, 0.25) is 5.02 Å². The largest absolute Gasteiger partial charge is 0.367 e. The summed E-state index contributed by atoms with van der Waals surface area (Å²) in [5.41, 5.74) is 4.21. The second kappa shape index (κ2) is 10.0. The number of amides is 1. The number of hydrogen-bond donors (Lipinski definition) is 0. The van der Waals surface area contributed by atoms with Gasteiger partial charge in [0.1, 0.15) is 0 Å². The lowest BCUT2D eigenvalue weighted by Crippen LogP contribution is -2.52. The van der Waals surface area contributed by atoms with E-state index in [0.717, 1.165) is 73.4 Å². The van der Waals surface area contributed by atoms with Gasteiger partial charge >= 0.3 is 0 Å². The van der Waals surface area contributed by atoms with E-state index in [1.165, 1.54) is 5.56 Å². The Morgan fingerprint density at radius 1 is 0.882 bits per heavy atom. The van der Waals surface area contributed by atoms with Crippen molar-refractivity contribution in [3.8, 4) is 11.3 Å². The smallest absolute Gasteiger partial charge is 0.227 e. The summed E-state index contributed by atoms with van der Waals surface area (Å²) in [5, 5.41) is 9.76. The molecule has 1 amide bonds. The first kappa shape index (κ1) is 22.7. The Kier molecular flexibility index (Phi) is 6.68. The van der Waals surface area contributed by atoms with Gasteiger partial charge in [-0.05, 0) is 49.6 Å². The van der Waals surface area contributed by atoms with Crippen LogP contribution in [-0.2, 0) is 4.79 Å². The predicted octanol–water partition coefficient (Wildman–Crippen LogP) is 4.67. The van der Waals surface area contributed by atoms with E-state index in [0.29, 0.717) is 6.54 Å². The van der Waals surface area contributed by atoms with Crippen LogP contribution in [0.15, 0.2) is 60.7 Å². The highest BCUT2D eigenvalue weighted by Gasteiger charge is 2.32. The Bertz CT molecular complexity index is 1140. The number of para-hydroxylation sites is 1. The number of piperidine rings is 1. The first-order valence-corrected chi connectivity index (χ1v) is 12.4. The SMILES string of the molecule is Cc1ccccc1-c1ccc(N2CCCC(C(=O)N3CCN(c4ccccc4Cl)CC3)C2)nn1. The standard InChI is InChI=1S/C27H30ClN5O/c1-20-7-2-3-9-22(20)24-12-13-26(30-29-24)33-14-6-8-21(19-33)27(34)32-17-15-31(16-18-32)25-11-5-4-10-23(25)28/h2-5,7,9-13,21H,6,8,14-19H2,1H3. The molecule has 6 nitrogen and oxygen atoms in total. The van der Waals surface area contributed by atoms with Crippen LogP contribution in [-0.4, -0.2) is 60.3 Å². The Morgan fingerprint density at radius 3 is 2.38 bits per heavy atom. The minimum atomic E-state index is -0.00143. The van der Waals surface area contributed by atoms with Crippen molar-refractivity contribution >= 4 is 29.0 Å². The summed E-state index contributed by atoms with van der Waals surface area (Å²) in [5.74, 6) is 1.10. The van der Waals surface area contributed by atoms with Crippen molar-refractivity contribution in [1.29, 1.82) is 0 Å². The number of aromatic nitrogens is 2. The molecule has 7 heteroatoms. The van der Waals surface area contributed by atoms with Crippen LogP contribution >= 0.6 is 11.6 Å². The van der Waals surface area contributed by atoms with E-state index in [4.69, 9.17) is 11.6 Å². The highest BCUT2D eigenvalue weighted by Crippen LogP contribution is 2.28. The van der Waals surface area contributed by atoms with Gasteiger partial charge < -0.3 is 14.7 Å². The van der Waals surface area contributed by atoms with E-state index >= 15 is 0 Å².